The lowest BCUT2D eigenvalue weighted by Crippen LogP contribution is -2.25. The topological polar surface area (TPSA) is 18.5 Å². The molecule has 0 bridgehead atoms. The van der Waals surface area contributed by atoms with E-state index in [0.29, 0.717) is 13.2 Å². The average Bonchev–Trinajstić information content (AvgIpc) is 2.72. The van der Waals surface area contributed by atoms with Crippen molar-refractivity contribution in [2.75, 3.05) is 6.61 Å². The van der Waals surface area contributed by atoms with Crippen molar-refractivity contribution in [2.45, 2.75) is 111 Å². The van der Waals surface area contributed by atoms with Crippen LogP contribution in [-0.2, 0) is 15.8 Å². The number of rotatable bonds is 16. The summed E-state index contributed by atoms with van der Waals surface area (Å²) in [6.07, 6.45) is 16.4. The summed E-state index contributed by atoms with van der Waals surface area (Å²) >= 11 is 0. The first-order chi connectivity index (χ1) is 14.8. The van der Waals surface area contributed by atoms with Crippen molar-refractivity contribution >= 4 is 9.04 Å². The van der Waals surface area contributed by atoms with Gasteiger partial charge in [-0.25, -0.2) is 0 Å². The minimum absolute atomic E-state index is 0.0983. The van der Waals surface area contributed by atoms with Gasteiger partial charge in [0.15, 0.2) is 9.04 Å². The monoisotopic (exact) mass is 444 g/mol. The maximum Gasteiger partial charge on any atom is 0.171 e. The first kappa shape index (κ1) is 27.9. The smallest absolute Gasteiger partial charge is 0.171 e. The Balaban J connectivity index is 2.24. The summed E-state index contributed by atoms with van der Waals surface area (Å²) < 4.78 is 12.1. The van der Waals surface area contributed by atoms with Crippen molar-refractivity contribution in [1.29, 1.82) is 0 Å². The Morgan fingerprint density at radius 1 is 0.903 bits per heavy atom. The Hall–Kier alpha value is -1.12. The van der Waals surface area contributed by atoms with Crippen molar-refractivity contribution in [3.63, 3.8) is 0 Å². The molecule has 31 heavy (non-hydrogen) atoms. The molecule has 0 saturated heterocycles. The molecule has 0 N–H and O–H groups in total. The number of hydrogen-bond acceptors (Lipinski definition) is 2. The van der Waals surface area contributed by atoms with Gasteiger partial charge in [-0.3, -0.25) is 0 Å². The van der Waals surface area contributed by atoms with Gasteiger partial charge in [0.1, 0.15) is 0 Å². The highest BCUT2D eigenvalue weighted by atomic mass is 28.3. The van der Waals surface area contributed by atoms with Crippen LogP contribution in [0.3, 0.4) is 0 Å². The molecule has 0 heterocycles. The Morgan fingerprint density at radius 2 is 1.52 bits per heavy atom. The molecule has 0 unspecified atom stereocenters. The largest absolute Gasteiger partial charge is 0.413 e. The molecular formula is C28H48O2Si. The SMILES string of the molecule is CCCCCCCCCCC=C=CCOCc1ccc([C@@H](O[SiH](C)C)C(C)(C)C)cc1. The predicted octanol–water partition coefficient (Wildman–Crippen LogP) is 8.53. The molecule has 0 amide bonds. The fraction of sp³-hybridized carbons (Fsp3) is 0.679. The van der Waals surface area contributed by atoms with E-state index in [2.05, 4.69) is 76.9 Å². The number of benzene rings is 1. The third-order valence-electron chi connectivity index (χ3n) is 5.38. The number of ether oxygens (including phenoxy) is 1. The van der Waals surface area contributed by atoms with Crippen molar-refractivity contribution in [1.82, 2.24) is 0 Å². The van der Waals surface area contributed by atoms with Gasteiger partial charge in [-0.05, 0) is 54.6 Å². The Morgan fingerprint density at radius 3 is 2.10 bits per heavy atom. The quantitative estimate of drug-likeness (QED) is 0.144. The van der Waals surface area contributed by atoms with Gasteiger partial charge in [-0.15, -0.1) is 5.73 Å². The van der Waals surface area contributed by atoms with Crippen molar-refractivity contribution in [2.24, 2.45) is 5.41 Å². The van der Waals surface area contributed by atoms with Gasteiger partial charge >= 0.3 is 0 Å². The number of unbranched alkanes of at least 4 members (excludes halogenated alkanes) is 8. The highest BCUT2D eigenvalue weighted by molar-refractivity contribution is 6.48. The Labute approximate surface area is 194 Å². The zero-order valence-corrected chi connectivity index (χ0v) is 22.4. The maximum absolute atomic E-state index is 6.32. The van der Waals surface area contributed by atoms with E-state index in [1.807, 2.05) is 6.08 Å². The maximum atomic E-state index is 6.32. The summed E-state index contributed by atoms with van der Waals surface area (Å²) in [6.45, 7) is 14.7. The predicted molar refractivity (Wildman–Crippen MR) is 138 cm³/mol. The lowest BCUT2D eigenvalue weighted by atomic mass is 9.84. The van der Waals surface area contributed by atoms with Crippen LogP contribution >= 0.6 is 0 Å². The highest BCUT2D eigenvalue weighted by Crippen LogP contribution is 2.36. The molecule has 1 aromatic carbocycles. The fourth-order valence-corrected chi connectivity index (χ4v) is 4.78. The first-order valence-electron chi connectivity index (χ1n) is 12.6. The molecular weight excluding hydrogens is 396 g/mol. The summed E-state index contributed by atoms with van der Waals surface area (Å²) in [6, 6.07) is 8.73. The zero-order chi connectivity index (χ0) is 23.0. The zero-order valence-electron chi connectivity index (χ0n) is 21.2. The van der Waals surface area contributed by atoms with Crippen molar-refractivity contribution in [3.8, 4) is 0 Å². The van der Waals surface area contributed by atoms with Gasteiger partial charge in [0.05, 0.1) is 19.3 Å². The van der Waals surface area contributed by atoms with E-state index in [9.17, 15) is 0 Å². The van der Waals surface area contributed by atoms with Crippen LogP contribution < -0.4 is 0 Å². The van der Waals surface area contributed by atoms with E-state index < -0.39 is 9.04 Å². The van der Waals surface area contributed by atoms with E-state index in [0.717, 1.165) is 6.42 Å². The molecule has 0 aliphatic carbocycles. The fourth-order valence-electron chi connectivity index (χ4n) is 3.67. The van der Waals surface area contributed by atoms with Gasteiger partial charge in [-0.2, -0.15) is 0 Å². The van der Waals surface area contributed by atoms with Crippen LogP contribution in [0.15, 0.2) is 42.1 Å². The van der Waals surface area contributed by atoms with Crippen molar-refractivity contribution < 1.29 is 9.16 Å². The van der Waals surface area contributed by atoms with Crippen LogP contribution in [0, 0.1) is 5.41 Å². The van der Waals surface area contributed by atoms with Gasteiger partial charge < -0.3 is 9.16 Å². The normalized spacial score (nSPS) is 12.6. The second kappa shape index (κ2) is 16.5. The molecule has 1 atom stereocenters. The van der Waals surface area contributed by atoms with E-state index >= 15 is 0 Å². The van der Waals surface area contributed by atoms with Crippen LogP contribution in [0.25, 0.3) is 0 Å². The first-order valence-corrected chi connectivity index (χ1v) is 15.3. The molecule has 3 heteroatoms. The van der Waals surface area contributed by atoms with E-state index in [1.165, 1.54) is 62.5 Å². The molecule has 0 aliphatic heterocycles. The van der Waals surface area contributed by atoms with E-state index in [1.54, 1.807) is 0 Å². The molecule has 1 rings (SSSR count). The Bertz CT molecular complexity index is 621. The second-order valence-corrected chi connectivity index (χ2v) is 12.4. The third-order valence-corrected chi connectivity index (χ3v) is 6.20. The van der Waals surface area contributed by atoms with Crippen molar-refractivity contribution in [3.05, 3.63) is 53.3 Å². The summed E-state index contributed by atoms with van der Waals surface area (Å²) in [7, 11) is -1.10. The second-order valence-electron chi connectivity index (χ2n) is 10.0. The molecule has 0 spiro atoms. The molecule has 0 aromatic heterocycles. The minimum atomic E-state index is -1.10. The van der Waals surface area contributed by atoms with Crippen LogP contribution in [0.2, 0.25) is 13.1 Å². The summed E-state index contributed by atoms with van der Waals surface area (Å²) in [5.74, 6) is 0. The molecule has 0 saturated carbocycles. The lowest BCUT2D eigenvalue weighted by Gasteiger charge is -2.33. The molecule has 2 nitrogen and oxygen atoms in total. The summed E-state index contributed by atoms with van der Waals surface area (Å²) in [5, 5.41) is 0. The van der Waals surface area contributed by atoms with Gasteiger partial charge in [0.25, 0.3) is 0 Å². The Kier molecular flexibility index (Phi) is 14.9. The van der Waals surface area contributed by atoms with E-state index in [4.69, 9.17) is 9.16 Å². The van der Waals surface area contributed by atoms with Crippen LogP contribution in [0.4, 0.5) is 0 Å². The van der Waals surface area contributed by atoms with Gasteiger partial charge in [0, 0.05) is 0 Å². The van der Waals surface area contributed by atoms with Gasteiger partial charge in [-0.1, -0.05) is 96.9 Å². The van der Waals surface area contributed by atoms with Crippen LogP contribution in [0.1, 0.15) is 103 Å². The standard InChI is InChI=1S/C28H48O2Si/c1-7-8-9-10-11-12-13-14-15-16-17-18-23-29-24-25-19-21-26(22-20-25)27(28(2,3)4)30-31(5)6/h16,18-22,27,31H,7-15,23-24H2,1-6H3/t17?,27-/m1/s1. The van der Waals surface area contributed by atoms with Gasteiger partial charge in [0.2, 0.25) is 0 Å². The molecule has 1 aromatic rings. The number of hydrogen-bond donors (Lipinski definition) is 0. The minimum Gasteiger partial charge on any atom is -0.413 e. The third kappa shape index (κ3) is 13.8. The summed E-state index contributed by atoms with van der Waals surface area (Å²) in [4.78, 5) is 0. The van der Waals surface area contributed by atoms with Crippen LogP contribution in [0.5, 0.6) is 0 Å². The highest BCUT2D eigenvalue weighted by Gasteiger charge is 2.27. The van der Waals surface area contributed by atoms with Crippen LogP contribution in [-0.4, -0.2) is 15.6 Å². The summed E-state index contributed by atoms with van der Waals surface area (Å²) in [5.41, 5.74) is 5.83. The molecule has 0 fully saturated rings. The molecule has 0 radical (unpaired) electrons. The average molecular weight is 445 g/mol. The molecule has 0 aliphatic rings. The lowest BCUT2D eigenvalue weighted by molar-refractivity contribution is 0.0865. The molecule has 176 valence electrons. The van der Waals surface area contributed by atoms with E-state index in [-0.39, 0.29) is 11.5 Å².